The largest absolute Gasteiger partial charge is 0.356 e. The molecule has 0 bridgehead atoms. The van der Waals surface area contributed by atoms with Gasteiger partial charge in [-0.25, -0.2) is 0 Å². The van der Waals surface area contributed by atoms with Crippen molar-refractivity contribution < 1.29 is 4.79 Å². The highest BCUT2D eigenvalue weighted by Gasteiger charge is 2.25. The summed E-state index contributed by atoms with van der Waals surface area (Å²) in [5.41, 5.74) is 3.53. The third kappa shape index (κ3) is 3.42. The fraction of sp³-hybridized carbons (Fsp3) is 0.368. The lowest BCUT2D eigenvalue weighted by Gasteiger charge is -2.24. The molecular weight excluding hydrogens is 336 g/mol. The summed E-state index contributed by atoms with van der Waals surface area (Å²) in [5.74, 6) is 0.0988. The Balaban J connectivity index is 1.43. The molecule has 4 rings (SSSR count). The molecule has 1 atom stereocenters. The molecule has 0 unspecified atom stereocenters. The van der Waals surface area contributed by atoms with E-state index in [0.717, 1.165) is 48.5 Å². The number of hydrogen-bond acceptors (Lipinski definition) is 2. The Morgan fingerprint density at radius 2 is 2.36 bits per heavy atom. The molecule has 2 N–H and O–H groups in total. The second kappa shape index (κ2) is 6.92. The molecule has 1 amide bonds. The number of benzene rings is 1. The van der Waals surface area contributed by atoms with E-state index in [-0.39, 0.29) is 11.9 Å². The first-order valence-corrected chi connectivity index (χ1v) is 9.15. The summed E-state index contributed by atoms with van der Waals surface area (Å²) in [7, 11) is 0. The zero-order valence-corrected chi connectivity index (χ0v) is 14.7. The van der Waals surface area contributed by atoms with Crippen molar-refractivity contribution in [1.82, 2.24) is 20.1 Å². The van der Waals surface area contributed by atoms with Gasteiger partial charge in [0.2, 0.25) is 5.91 Å². The normalized spacial score (nSPS) is 16.8. The van der Waals surface area contributed by atoms with Gasteiger partial charge < -0.3 is 10.3 Å². The van der Waals surface area contributed by atoms with Gasteiger partial charge >= 0.3 is 0 Å². The van der Waals surface area contributed by atoms with Crippen LogP contribution in [0.1, 0.15) is 43.0 Å². The number of amides is 1. The molecule has 6 heteroatoms. The Hall–Kier alpha value is -2.27. The van der Waals surface area contributed by atoms with Gasteiger partial charge in [-0.3, -0.25) is 9.48 Å². The van der Waals surface area contributed by atoms with E-state index in [9.17, 15) is 4.79 Å². The van der Waals surface area contributed by atoms with Crippen LogP contribution in [0.2, 0.25) is 5.02 Å². The van der Waals surface area contributed by atoms with Crippen molar-refractivity contribution in [3.8, 4) is 0 Å². The Morgan fingerprint density at radius 1 is 1.44 bits per heavy atom. The summed E-state index contributed by atoms with van der Waals surface area (Å²) < 4.78 is 1.85. The lowest BCUT2D eigenvalue weighted by molar-refractivity contribution is -0.122. The maximum absolute atomic E-state index is 12.3. The zero-order valence-electron chi connectivity index (χ0n) is 14.0. The van der Waals surface area contributed by atoms with Gasteiger partial charge in [0, 0.05) is 47.0 Å². The number of aromatic amines is 1. The molecule has 130 valence electrons. The van der Waals surface area contributed by atoms with E-state index in [0.29, 0.717) is 6.42 Å². The molecule has 0 radical (unpaired) electrons. The summed E-state index contributed by atoms with van der Waals surface area (Å²) >= 11 is 6.15. The molecule has 25 heavy (non-hydrogen) atoms. The first kappa shape index (κ1) is 16.2. The predicted molar refractivity (Wildman–Crippen MR) is 98.6 cm³/mol. The summed E-state index contributed by atoms with van der Waals surface area (Å²) in [6.45, 7) is 0.765. The van der Waals surface area contributed by atoms with Gasteiger partial charge in [0.1, 0.15) is 0 Å². The van der Waals surface area contributed by atoms with Crippen molar-refractivity contribution >= 4 is 28.4 Å². The third-order valence-electron chi connectivity index (χ3n) is 4.85. The van der Waals surface area contributed by atoms with Crippen LogP contribution in [0, 0.1) is 0 Å². The number of rotatable bonds is 5. The molecule has 1 aliphatic rings. The number of H-pyrrole nitrogens is 1. The van der Waals surface area contributed by atoms with Crippen molar-refractivity contribution in [1.29, 1.82) is 0 Å². The fourth-order valence-corrected chi connectivity index (χ4v) is 3.85. The second-order valence-electron chi connectivity index (χ2n) is 6.59. The van der Waals surface area contributed by atoms with E-state index < -0.39 is 0 Å². The molecule has 2 aromatic heterocycles. The van der Waals surface area contributed by atoms with E-state index in [1.807, 2.05) is 35.1 Å². The maximum atomic E-state index is 12.3. The van der Waals surface area contributed by atoms with E-state index in [1.54, 1.807) is 6.20 Å². The average molecular weight is 357 g/mol. The minimum atomic E-state index is 0.0622. The van der Waals surface area contributed by atoms with Crippen LogP contribution in [0.25, 0.3) is 10.9 Å². The summed E-state index contributed by atoms with van der Waals surface area (Å²) in [4.78, 5) is 15.8. The molecule has 3 aromatic rings. The number of aromatic nitrogens is 3. The molecular formula is C19H21ClN4O. The third-order valence-corrected chi connectivity index (χ3v) is 5.09. The number of carbonyl (C=O) groups is 1. The Labute approximate surface area is 151 Å². The van der Waals surface area contributed by atoms with Crippen LogP contribution < -0.4 is 5.32 Å². The van der Waals surface area contributed by atoms with Crippen molar-refractivity contribution in [2.45, 2.75) is 44.7 Å². The monoisotopic (exact) mass is 356 g/mol. The zero-order chi connectivity index (χ0) is 17.2. The number of nitrogens with one attached hydrogen (secondary N) is 2. The van der Waals surface area contributed by atoms with Gasteiger partial charge in [-0.1, -0.05) is 11.6 Å². The summed E-state index contributed by atoms with van der Waals surface area (Å²) in [6, 6.07) is 7.88. The van der Waals surface area contributed by atoms with Gasteiger partial charge in [-0.2, -0.15) is 5.10 Å². The van der Waals surface area contributed by atoms with Gasteiger partial charge in [-0.15, -0.1) is 0 Å². The van der Waals surface area contributed by atoms with Crippen molar-refractivity contribution in [3.63, 3.8) is 0 Å². The molecule has 1 aliphatic carbocycles. The number of nitrogens with zero attached hydrogens (tertiary/aromatic N) is 2. The lowest BCUT2D eigenvalue weighted by Crippen LogP contribution is -2.31. The number of aryl methyl sites for hydroxylation is 2. The maximum Gasteiger partial charge on any atom is 0.220 e. The van der Waals surface area contributed by atoms with E-state index in [4.69, 9.17) is 11.6 Å². The minimum absolute atomic E-state index is 0.0622. The Bertz CT molecular complexity index is 884. The molecule has 2 heterocycles. The molecule has 0 aliphatic heterocycles. The average Bonchev–Trinajstić information content (AvgIpc) is 3.23. The number of halogens is 1. The van der Waals surface area contributed by atoms with Crippen LogP contribution >= 0.6 is 11.6 Å². The number of hydrogen-bond donors (Lipinski definition) is 2. The summed E-state index contributed by atoms with van der Waals surface area (Å²) in [5, 5.41) is 9.29. The van der Waals surface area contributed by atoms with Crippen molar-refractivity contribution in [2.75, 3.05) is 0 Å². The minimum Gasteiger partial charge on any atom is -0.356 e. The van der Waals surface area contributed by atoms with Gasteiger partial charge in [0.25, 0.3) is 0 Å². The lowest BCUT2D eigenvalue weighted by atomic mass is 9.91. The highest BCUT2D eigenvalue weighted by molar-refractivity contribution is 6.31. The molecule has 0 saturated carbocycles. The Kier molecular flexibility index (Phi) is 4.49. The van der Waals surface area contributed by atoms with Crippen LogP contribution in [0.4, 0.5) is 0 Å². The number of carbonyl (C=O) groups excluding carboxylic acids is 1. The van der Waals surface area contributed by atoms with E-state index >= 15 is 0 Å². The highest BCUT2D eigenvalue weighted by Crippen LogP contribution is 2.35. The Morgan fingerprint density at radius 3 is 3.20 bits per heavy atom. The predicted octanol–water partition coefficient (Wildman–Crippen LogP) is 3.99. The standard InChI is InChI=1S/C19H21ClN4O/c20-13-7-8-16-15(12-13)14-4-1-5-17(19(14)23-16)22-18(25)6-2-10-24-11-3-9-21-24/h3,7-9,11-12,17,23H,1-2,4-6,10H2,(H,22,25)/t17-/m0/s1. The highest BCUT2D eigenvalue weighted by atomic mass is 35.5. The van der Waals surface area contributed by atoms with Crippen molar-refractivity contribution in [3.05, 3.63) is 52.9 Å². The number of fused-ring (bicyclic) bond motifs is 3. The smallest absolute Gasteiger partial charge is 0.220 e. The SMILES string of the molecule is O=C(CCCn1cccn1)N[C@H]1CCCc2c1[nH]c1ccc(Cl)cc21. The molecule has 1 aromatic carbocycles. The van der Waals surface area contributed by atoms with Gasteiger partial charge in [0.05, 0.1) is 6.04 Å². The van der Waals surface area contributed by atoms with Crippen LogP contribution in [0.3, 0.4) is 0 Å². The van der Waals surface area contributed by atoms with Crippen LogP contribution in [-0.4, -0.2) is 20.7 Å². The topological polar surface area (TPSA) is 62.7 Å². The molecule has 0 spiro atoms. The summed E-state index contributed by atoms with van der Waals surface area (Å²) in [6.07, 6.45) is 8.05. The first-order valence-electron chi connectivity index (χ1n) is 8.77. The van der Waals surface area contributed by atoms with Gasteiger partial charge in [-0.05, 0) is 55.5 Å². The van der Waals surface area contributed by atoms with Crippen LogP contribution in [0.5, 0.6) is 0 Å². The van der Waals surface area contributed by atoms with Crippen LogP contribution in [-0.2, 0) is 17.8 Å². The van der Waals surface area contributed by atoms with E-state index in [1.165, 1.54) is 10.9 Å². The molecule has 5 nitrogen and oxygen atoms in total. The van der Waals surface area contributed by atoms with Crippen molar-refractivity contribution in [2.24, 2.45) is 0 Å². The fourth-order valence-electron chi connectivity index (χ4n) is 3.68. The quantitative estimate of drug-likeness (QED) is 0.726. The van der Waals surface area contributed by atoms with Gasteiger partial charge in [0.15, 0.2) is 0 Å². The van der Waals surface area contributed by atoms with E-state index in [2.05, 4.69) is 15.4 Å². The first-order chi connectivity index (χ1) is 12.2. The molecule has 0 fully saturated rings. The second-order valence-corrected chi connectivity index (χ2v) is 7.03. The van der Waals surface area contributed by atoms with Crippen LogP contribution in [0.15, 0.2) is 36.7 Å². The molecule has 0 saturated heterocycles.